The SMILES string of the molecule is Cc1sc(-c2ccc(CCN(C)C)cc2)cc1C1=C(c2cc(-c3ccc(CCN(C)C)cc3)sc2C)CCC1. The summed E-state index contributed by atoms with van der Waals surface area (Å²) in [5, 5.41) is 0. The van der Waals surface area contributed by atoms with E-state index < -0.39 is 0 Å². The maximum atomic E-state index is 2.46. The number of likely N-dealkylation sites (N-methyl/N-ethyl adjacent to an activating group) is 2. The van der Waals surface area contributed by atoms with Crippen LogP contribution in [0.3, 0.4) is 0 Å². The first kappa shape index (κ1) is 28.0. The molecule has 1 aliphatic carbocycles. The van der Waals surface area contributed by atoms with Crippen molar-refractivity contribution >= 4 is 33.8 Å². The third-order valence-electron chi connectivity index (χ3n) is 7.88. The van der Waals surface area contributed by atoms with Crippen LogP contribution in [-0.4, -0.2) is 51.1 Å². The van der Waals surface area contributed by atoms with E-state index in [1.807, 2.05) is 22.7 Å². The van der Waals surface area contributed by atoms with E-state index in [2.05, 4.69) is 113 Å². The molecule has 204 valence electrons. The van der Waals surface area contributed by atoms with Gasteiger partial charge in [-0.05, 0) is 131 Å². The summed E-state index contributed by atoms with van der Waals surface area (Å²) < 4.78 is 0. The average Bonchev–Trinajstić information content (AvgIpc) is 3.64. The van der Waals surface area contributed by atoms with Crippen LogP contribution in [0.4, 0.5) is 0 Å². The van der Waals surface area contributed by atoms with Crippen molar-refractivity contribution in [2.45, 2.75) is 46.0 Å². The maximum Gasteiger partial charge on any atom is 0.0351 e. The third-order valence-corrected chi connectivity index (χ3v) is 10.1. The first-order valence-electron chi connectivity index (χ1n) is 14.2. The van der Waals surface area contributed by atoms with E-state index in [4.69, 9.17) is 0 Å². The molecule has 0 aliphatic heterocycles. The highest BCUT2D eigenvalue weighted by Crippen LogP contribution is 2.47. The van der Waals surface area contributed by atoms with Crippen molar-refractivity contribution < 1.29 is 0 Å². The fourth-order valence-corrected chi connectivity index (χ4v) is 7.67. The Morgan fingerprint density at radius 2 is 0.974 bits per heavy atom. The van der Waals surface area contributed by atoms with E-state index in [0.29, 0.717) is 0 Å². The van der Waals surface area contributed by atoms with Crippen molar-refractivity contribution in [1.29, 1.82) is 0 Å². The van der Waals surface area contributed by atoms with Gasteiger partial charge >= 0.3 is 0 Å². The highest BCUT2D eigenvalue weighted by atomic mass is 32.1. The molecule has 0 fully saturated rings. The van der Waals surface area contributed by atoms with Crippen LogP contribution >= 0.6 is 22.7 Å². The Balaban J connectivity index is 1.39. The molecule has 0 N–H and O–H groups in total. The van der Waals surface area contributed by atoms with Gasteiger partial charge in [0.2, 0.25) is 0 Å². The van der Waals surface area contributed by atoms with Crippen molar-refractivity contribution in [3.63, 3.8) is 0 Å². The highest BCUT2D eigenvalue weighted by Gasteiger charge is 2.23. The number of thiophene rings is 2. The minimum atomic E-state index is 1.09. The molecule has 4 aromatic rings. The van der Waals surface area contributed by atoms with Crippen molar-refractivity contribution in [2.75, 3.05) is 41.3 Å². The van der Waals surface area contributed by atoms with Gasteiger partial charge < -0.3 is 9.80 Å². The predicted octanol–water partition coefficient (Wildman–Crippen LogP) is 9.06. The standard InChI is InChI=1S/C35H42N2S2/c1-24-32(22-34(38-24)28-14-10-26(11-15-28)18-20-36(3)4)30-8-7-9-31(30)33-23-35(39-25(33)2)29-16-12-27(13-17-29)19-21-37(5)6/h10-17,22-23H,7-9,18-21H2,1-6H3. The van der Waals surface area contributed by atoms with Crippen LogP contribution in [0.25, 0.3) is 32.0 Å². The number of nitrogens with zero attached hydrogens (tertiary/aromatic N) is 2. The Kier molecular flexibility index (Phi) is 8.88. The van der Waals surface area contributed by atoms with Crippen LogP contribution in [0.2, 0.25) is 0 Å². The molecule has 0 atom stereocenters. The molecule has 0 saturated carbocycles. The van der Waals surface area contributed by atoms with Gasteiger partial charge in [-0.25, -0.2) is 0 Å². The van der Waals surface area contributed by atoms with E-state index >= 15 is 0 Å². The second-order valence-corrected chi connectivity index (χ2v) is 14.0. The summed E-state index contributed by atoms with van der Waals surface area (Å²) in [7, 11) is 8.55. The summed E-state index contributed by atoms with van der Waals surface area (Å²) in [6.07, 6.45) is 5.81. The molecule has 0 spiro atoms. The van der Waals surface area contributed by atoms with Crippen LogP contribution in [0, 0.1) is 13.8 Å². The second kappa shape index (κ2) is 12.3. The Morgan fingerprint density at radius 3 is 1.33 bits per heavy atom. The minimum absolute atomic E-state index is 1.09. The van der Waals surface area contributed by atoms with Crippen molar-refractivity contribution in [2.24, 2.45) is 0 Å². The lowest BCUT2D eigenvalue weighted by Gasteiger charge is -2.09. The molecule has 2 nitrogen and oxygen atoms in total. The Morgan fingerprint density at radius 1 is 0.590 bits per heavy atom. The Hall–Kier alpha value is -2.50. The topological polar surface area (TPSA) is 6.48 Å². The van der Waals surface area contributed by atoms with E-state index in [0.717, 1.165) is 25.9 Å². The summed E-state index contributed by atoms with van der Waals surface area (Å²) in [6, 6.07) is 23.4. The molecule has 39 heavy (non-hydrogen) atoms. The minimum Gasteiger partial charge on any atom is -0.309 e. The summed E-state index contributed by atoms with van der Waals surface area (Å²) in [5.74, 6) is 0. The maximum absolute atomic E-state index is 2.46. The summed E-state index contributed by atoms with van der Waals surface area (Å²) in [5.41, 5.74) is 11.6. The highest BCUT2D eigenvalue weighted by molar-refractivity contribution is 7.16. The number of hydrogen-bond donors (Lipinski definition) is 0. The van der Waals surface area contributed by atoms with Gasteiger partial charge in [0, 0.05) is 32.6 Å². The molecule has 1 aliphatic rings. The molecular weight excluding hydrogens is 513 g/mol. The van der Waals surface area contributed by atoms with Gasteiger partial charge in [-0.2, -0.15) is 0 Å². The molecule has 0 amide bonds. The van der Waals surface area contributed by atoms with Gasteiger partial charge in [0.1, 0.15) is 0 Å². The monoisotopic (exact) mass is 554 g/mol. The Bertz CT molecular complexity index is 1320. The third kappa shape index (κ3) is 6.63. The lowest BCUT2D eigenvalue weighted by Crippen LogP contribution is -2.14. The largest absolute Gasteiger partial charge is 0.309 e. The molecule has 2 aromatic carbocycles. The zero-order valence-electron chi connectivity index (χ0n) is 24.4. The first-order chi connectivity index (χ1) is 18.8. The summed E-state index contributed by atoms with van der Waals surface area (Å²) in [4.78, 5) is 10.2. The summed E-state index contributed by atoms with van der Waals surface area (Å²) in [6.45, 7) is 6.79. The van der Waals surface area contributed by atoms with Gasteiger partial charge in [-0.15, -0.1) is 22.7 Å². The fraction of sp³-hybridized carbons (Fsp3) is 0.371. The molecular formula is C35H42N2S2. The quantitative estimate of drug-likeness (QED) is 0.193. The molecule has 0 bridgehead atoms. The van der Waals surface area contributed by atoms with Gasteiger partial charge in [-0.1, -0.05) is 48.5 Å². The molecule has 0 unspecified atom stereocenters. The lowest BCUT2D eigenvalue weighted by atomic mass is 9.96. The van der Waals surface area contributed by atoms with Gasteiger partial charge in [0.05, 0.1) is 0 Å². The molecule has 5 rings (SSSR count). The zero-order valence-corrected chi connectivity index (χ0v) is 26.1. The molecule has 0 radical (unpaired) electrons. The second-order valence-electron chi connectivity index (χ2n) is 11.5. The van der Waals surface area contributed by atoms with Crippen molar-refractivity contribution in [1.82, 2.24) is 9.80 Å². The van der Waals surface area contributed by atoms with E-state index in [-0.39, 0.29) is 0 Å². The molecule has 2 heterocycles. The fourth-order valence-electron chi connectivity index (χ4n) is 5.56. The average molecular weight is 555 g/mol. The number of allylic oxidation sites excluding steroid dienone is 2. The first-order valence-corrected chi connectivity index (χ1v) is 15.8. The van der Waals surface area contributed by atoms with Crippen LogP contribution in [-0.2, 0) is 12.8 Å². The number of rotatable bonds is 10. The van der Waals surface area contributed by atoms with E-state index in [9.17, 15) is 0 Å². The van der Waals surface area contributed by atoms with Gasteiger partial charge in [0.15, 0.2) is 0 Å². The van der Waals surface area contributed by atoms with Crippen LogP contribution < -0.4 is 0 Å². The van der Waals surface area contributed by atoms with E-state index in [1.54, 1.807) is 11.1 Å². The van der Waals surface area contributed by atoms with Crippen molar-refractivity contribution in [3.8, 4) is 20.9 Å². The van der Waals surface area contributed by atoms with E-state index in [1.165, 1.54) is 72.2 Å². The normalized spacial score (nSPS) is 13.8. The number of hydrogen-bond acceptors (Lipinski definition) is 4. The van der Waals surface area contributed by atoms with Gasteiger partial charge in [-0.3, -0.25) is 0 Å². The lowest BCUT2D eigenvalue weighted by molar-refractivity contribution is 0.413. The number of benzene rings is 2. The number of aryl methyl sites for hydroxylation is 2. The molecule has 2 aromatic heterocycles. The van der Waals surface area contributed by atoms with Crippen LogP contribution in [0.5, 0.6) is 0 Å². The predicted molar refractivity (Wildman–Crippen MR) is 174 cm³/mol. The smallest absolute Gasteiger partial charge is 0.0351 e. The van der Waals surface area contributed by atoms with Crippen molar-refractivity contribution in [3.05, 3.63) is 92.7 Å². The van der Waals surface area contributed by atoms with Crippen LogP contribution in [0.15, 0.2) is 60.7 Å². The van der Waals surface area contributed by atoms with Crippen LogP contribution in [0.1, 0.15) is 51.3 Å². The van der Waals surface area contributed by atoms with Gasteiger partial charge in [0.25, 0.3) is 0 Å². The molecule has 0 saturated heterocycles. The summed E-state index contributed by atoms with van der Waals surface area (Å²) >= 11 is 3.89. The zero-order chi connectivity index (χ0) is 27.5. The Labute approximate surface area is 243 Å². The molecule has 4 heteroatoms.